The Hall–Kier alpha value is -1.09. The summed E-state index contributed by atoms with van der Waals surface area (Å²) >= 11 is 0. The van der Waals surface area contributed by atoms with Crippen molar-refractivity contribution in [2.24, 2.45) is 0 Å². The second-order valence-electron chi connectivity index (χ2n) is 2.75. The average Bonchev–Trinajstić information content (AvgIpc) is 2.21. The smallest absolute Gasteiger partial charge is 0.126 e. The summed E-state index contributed by atoms with van der Waals surface area (Å²) in [6.07, 6.45) is 1.82. The second-order valence-corrected chi connectivity index (χ2v) is 2.75. The first-order valence-electron chi connectivity index (χ1n) is 5.14. The number of rotatable bonds is 4. The summed E-state index contributed by atoms with van der Waals surface area (Å²) in [5.74, 6) is 0.949. The summed E-state index contributed by atoms with van der Waals surface area (Å²) in [6.45, 7) is 7.92. The first kappa shape index (κ1) is 12.9. The fourth-order valence-electron chi connectivity index (χ4n) is 0.948. The summed E-state index contributed by atoms with van der Waals surface area (Å²) in [5.41, 5.74) is 1.23. The summed E-state index contributed by atoms with van der Waals surface area (Å²) in [5, 5.41) is 6.28. The van der Waals surface area contributed by atoms with Crippen LogP contribution in [-0.2, 0) is 0 Å². The highest BCUT2D eigenvalue weighted by atomic mass is 15.0. The molecule has 1 heterocycles. The Morgan fingerprint density at radius 3 is 2.57 bits per heavy atom. The van der Waals surface area contributed by atoms with Gasteiger partial charge in [-0.3, -0.25) is 0 Å². The molecule has 1 aromatic heterocycles. The largest absolute Gasteiger partial charge is 0.369 e. The zero-order valence-corrected chi connectivity index (χ0v) is 9.59. The van der Waals surface area contributed by atoms with Crippen molar-refractivity contribution in [1.82, 2.24) is 10.3 Å². The van der Waals surface area contributed by atoms with Gasteiger partial charge in [-0.25, -0.2) is 4.98 Å². The van der Waals surface area contributed by atoms with Crippen LogP contribution >= 0.6 is 0 Å². The van der Waals surface area contributed by atoms with Crippen molar-refractivity contribution in [3.8, 4) is 0 Å². The molecule has 0 saturated carbocycles. The van der Waals surface area contributed by atoms with E-state index < -0.39 is 0 Å². The number of nitrogens with zero attached hydrogens (tertiary/aromatic N) is 1. The van der Waals surface area contributed by atoms with Gasteiger partial charge in [0, 0.05) is 19.3 Å². The normalized spacial score (nSPS) is 8.86. The molecule has 0 amide bonds. The number of anilines is 1. The van der Waals surface area contributed by atoms with E-state index >= 15 is 0 Å². The Morgan fingerprint density at radius 2 is 2.00 bits per heavy atom. The third-order valence-corrected chi connectivity index (χ3v) is 1.60. The number of aromatic nitrogens is 1. The molecule has 2 N–H and O–H groups in total. The predicted octanol–water partition coefficient (Wildman–Crippen LogP) is 2.05. The van der Waals surface area contributed by atoms with E-state index in [2.05, 4.69) is 22.5 Å². The zero-order chi connectivity index (χ0) is 10.8. The van der Waals surface area contributed by atoms with Crippen LogP contribution in [0.4, 0.5) is 5.82 Å². The van der Waals surface area contributed by atoms with E-state index in [9.17, 15) is 0 Å². The maximum atomic E-state index is 4.17. The standard InChI is InChI=1S/C9H15N3.C2H6/c1-8-3-4-11-9(7-8)12-6-5-10-2;1-2/h3-4,7,10H,5-6H2,1-2H3,(H,11,12);1-2H3. The van der Waals surface area contributed by atoms with Crippen LogP contribution in [0.1, 0.15) is 19.4 Å². The van der Waals surface area contributed by atoms with Crippen molar-refractivity contribution < 1.29 is 0 Å². The molecule has 0 aliphatic carbocycles. The molecule has 0 spiro atoms. The quantitative estimate of drug-likeness (QED) is 0.722. The van der Waals surface area contributed by atoms with Gasteiger partial charge in [0.2, 0.25) is 0 Å². The molecular formula is C11H21N3. The van der Waals surface area contributed by atoms with Gasteiger partial charge in [-0.15, -0.1) is 0 Å². The van der Waals surface area contributed by atoms with Gasteiger partial charge in [0.25, 0.3) is 0 Å². The minimum absolute atomic E-state index is 0.910. The van der Waals surface area contributed by atoms with E-state index in [-0.39, 0.29) is 0 Å². The highest BCUT2D eigenvalue weighted by molar-refractivity contribution is 5.36. The molecule has 0 radical (unpaired) electrons. The van der Waals surface area contributed by atoms with E-state index in [4.69, 9.17) is 0 Å². The fourth-order valence-corrected chi connectivity index (χ4v) is 0.948. The highest BCUT2D eigenvalue weighted by Crippen LogP contribution is 2.03. The van der Waals surface area contributed by atoms with Crippen LogP contribution < -0.4 is 10.6 Å². The second kappa shape index (κ2) is 8.51. The molecule has 80 valence electrons. The number of hydrogen-bond donors (Lipinski definition) is 2. The average molecular weight is 195 g/mol. The van der Waals surface area contributed by atoms with Crippen molar-refractivity contribution in [3.05, 3.63) is 23.9 Å². The Balaban J connectivity index is 0.000000791. The lowest BCUT2D eigenvalue weighted by molar-refractivity contribution is 0.821. The number of pyridine rings is 1. The van der Waals surface area contributed by atoms with Crippen molar-refractivity contribution in [3.63, 3.8) is 0 Å². The summed E-state index contributed by atoms with van der Waals surface area (Å²) < 4.78 is 0. The van der Waals surface area contributed by atoms with Gasteiger partial charge >= 0.3 is 0 Å². The van der Waals surface area contributed by atoms with Crippen LogP contribution in [0.25, 0.3) is 0 Å². The highest BCUT2D eigenvalue weighted by Gasteiger charge is 1.91. The molecule has 14 heavy (non-hydrogen) atoms. The third kappa shape index (κ3) is 5.54. The molecule has 0 fully saturated rings. The lowest BCUT2D eigenvalue weighted by Crippen LogP contribution is -2.18. The molecule has 0 aliphatic heterocycles. The Morgan fingerprint density at radius 1 is 1.29 bits per heavy atom. The van der Waals surface area contributed by atoms with Crippen LogP contribution in [0.15, 0.2) is 18.3 Å². The first-order valence-corrected chi connectivity index (χ1v) is 5.14. The zero-order valence-electron chi connectivity index (χ0n) is 9.59. The van der Waals surface area contributed by atoms with E-state index in [1.54, 1.807) is 0 Å². The Kier molecular flexibility index (Phi) is 7.84. The predicted molar refractivity (Wildman–Crippen MR) is 62.7 cm³/mol. The first-order chi connectivity index (χ1) is 6.83. The monoisotopic (exact) mass is 195 g/mol. The van der Waals surface area contributed by atoms with Gasteiger partial charge in [0.05, 0.1) is 0 Å². The van der Waals surface area contributed by atoms with Crippen molar-refractivity contribution in [1.29, 1.82) is 0 Å². The summed E-state index contributed by atoms with van der Waals surface area (Å²) in [7, 11) is 1.94. The van der Waals surface area contributed by atoms with Crippen LogP contribution in [0.5, 0.6) is 0 Å². The maximum absolute atomic E-state index is 4.17. The van der Waals surface area contributed by atoms with Gasteiger partial charge in [0.15, 0.2) is 0 Å². The molecule has 3 heteroatoms. The molecule has 0 saturated heterocycles. The van der Waals surface area contributed by atoms with E-state index in [0.717, 1.165) is 18.9 Å². The molecule has 0 bridgehead atoms. The van der Waals surface area contributed by atoms with Crippen molar-refractivity contribution in [2.45, 2.75) is 20.8 Å². The minimum atomic E-state index is 0.910. The molecule has 1 aromatic rings. The maximum Gasteiger partial charge on any atom is 0.126 e. The number of nitrogens with one attached hydrogen (secondary N) is 2. The minimum Gasteiger partial charge on any atom is -0.369 e. The molecule has 0 aliphatic rings. The number of aryl methyl sites for hydroxylation is 1. The number of likely N-dealkylation sites (N-methyl/N-ethyl adjacent to an activating group) is 1. The third-order valence-electron chi connectivity index (χ3n) is 1.60. The van der Waals surface area contributed by atoms with Crippen molar-refractivity contribution >= 4 is 5.82 Å². The van der Waals surface area contributed by atoms with Gasteiger partial charge in [0.1, 0.15) is 5.82 Å². The lowest BCUT2D eigenvalue weighted by atomic mass is 10.3. The molecule has 1 rings (SSSR count). The van der Waals surface area contributed by atoms with Crippen LogP contribution in [0.2, 0.25) is 0 Å². The molecule has 0 unspecified atom stereocenters. The molecular weight excluding hydrogens is 174 g/mol. The summed E-state index contributed by atoms with van der Waals surface area (Å²) in [4.78, 5) is 4.17. The number of hydrogen-bond acceptors (Lipinski definition) is 3. The Labute approximate surface area is 86.9 Å². The van der Waals surface area contributed by atoms with Gasteiger partial charge in [-0.2, -0.15) is 0 Å². The van der Waals surface area contributed by atoms with E-state index in [0.29, 0.717) is 0 Å². The fraction of sp³-hybridized carbons (Fsp3) is 0.545. The lowest BCUT2D eigenvalue weighted by Gasteiger charge is -2.04. The molecule has 0 aromatic carbocycles. The van der Waals surface area contributed by atoms with E-state index in [1.165, 1.54) is 5.56 Å². The van der Waals surface area contributed by atoms with Crippen LogP contribution in [0.3, 0.4) is 0 Å². The van der Waals surface area contributed by atoms with Crippen LogP contribution in [0, 0.1) is 6.92 Å². The summed E-state index contributed by atoms with van der Waals surface area (Å²) in [6, 6.07) is 4.03. The molecule has 3 nitrogen and oxygen atoms in total. The SMILES string of the molecule is CC.CNCCNc1cc(C)ccn1. The molecule has 0 atom stereocenters. The van der Waals surface area contributed by atoms with Gasteiger partial charge in [-0.05, 0) is 31.7 Å². The van der Waals surface area contributed by atoms with Crippen LogP contribution in [-0.4, -0.2) is 25.1 Å². The Bertz CT molecular complexity index is 236. The van der Waals surface area contributed by atoms with E-state index in [1.807, 2.05) is 39.2 Å². The van der Waals surface area contributed by atoms with Crippen molar-refractivity contribution in [2.75, 3.05) is 25.5 Å². The van der Waals surface area contributed by atoms with Gasteiger partial charge < -0.3 is 10.6 Å². The van der Waals surface area contributed by atoms with Gasteiger partial charge in [-0.1, -0.05) is 13.8 Å². The topological polar surface area (TPSA) is 37.0 Å².